The highest BCUT2D eigenvalue weighted by Gasteiger charge is 2.31. The average Bonchev–Trinajstić information content (AvgIpc) is 3.54. The van der Waals surface area contributed by atoms with Crippen molar-refractivity contribution < 1.29 is 23.8 Å². The van der Waals surface area contributed by atoms with Crippen LogP contribution in [0.25, 0.3) is 5.52 Å². The van der Waals surface area contributed by atoms with E-state index in [1.807, 2.05) is 11.8 Å². The van der Waals surface area contributed by atoms with Gasteiger partial charge < -0.3 is 19.5 Å². The van der Waals surface area contributed by atoms with E-state index in [9.17, 15) is 14.7 Å². The van der Waals surface area contributed by atoms with Crippen LogP contribution < -0.4 is 10.5 Å². The molecule has 2 aromatic rings. The van der Waals surface area contributed by atoms with E-state index in [0.29, 0.717) is 29.9 Å². The highest BCUT2D eigenvalue weighted by Crippen LogP contribution is 2.44. The summed E-state index contributed by atoms with van der Waals surface area (Å²) in [6, 6.07) is 1.49. The Balaban J connectivity index is 1.78. The first-order chi connectivity index (χ1) is 14.4. The standard InChI is InChI=1S/C22H27FN2O5/c1-13-19-16(15-5-6-15)8-17(22(27)28)21(26)25(19)10-18(23)20(13)24-7-3-4-14(9-24)11-30-12-29-2/h8,10,14-15H,3-7,9,11-12H2,1-2H3,(H,27,28). The second-order valence-corrected chi connectivity index (χ2v) is 8.30. The van der Waals surface area contributed by atoms with E-state index >= 15 is 4.39 Å². The maximum Gasteiger partial charge on any atom is 0.341 e. The molecular formula is C22H27FN2O5. The van der Waals surface area contributed by atoms with Crippen LogP contribution in [0.5, 0.6) is 0 Å². The minimum Gasteiger partial charge on any atom is -0.477 e. The summed E-state index contributed by atoms with van der Waals surface area (Å²) in [5, 5.41) is 9.43. The molecule has 0 amide bonds. The van der Waals surface area contributed by atoms with Crippen LogP contribution >= 0.6 is 0 Å². The van der Waals surface area contributed by atoms with Crippen molar-refractivity contribution in [3.8, 4) is 0 Å². The molecule has 1 saturated heterocycles. The Hall–Kier alpha value is -2.45. The summed E-state index contributed by atoms with van der Waals surface area (Å²) < 4.78 is 26.9. The predicted octanol–water partition coefficient (Wildman–Crippen LogP) is 3.16. The summed E-state index contributed by atoms with van der Waals surface area (Å²) in [6.07, 6.45) is 4.97. The van der Waals surface area contributed by atoms with Crippen molar-refractivity contribution in [3.63, 3.8) is 0 Å². The number of carboxylic acid groups (broad SMARTS) is 1. The van der Waals surface area contributed by atoms with Gasteiger partial charge in [0.05, 0.1) is 24.0 Å². The second-order valence-electron chi connectivity index (χ2n) is 8.30. The van der Waals surface area contributed by atoms with Gasteiger partial charge in [-0.3, -0.25) is 9.20 Å². The largest absolute Gasteiger partial charge is 0.477 e. The van der Waals surface area contributed by atoms with Crippen molar-refractivity contribution in [2.75, 3.05) is 38.5 Å². The molecule has 1 saturated carbocycles. The Kier molecular flexibility index (Phi) is 5.79. The van der Waals surface area contributed by atoms with Crippen LogP contribution in [0.3, 0.4) is 0 Å². The minimum absolute atomic E-state index is 0.215. The molecule has 1 unspecified atom stereocenters. The number of ether oxygens (including phenoxy) is 2. The van der Waals surface area contributed by atoms with E-state index in [-0.39, 0.29) is 24.2 Å². The summed E-state index contributed by atoms with van der Waals surface area (Å²) in [4.78, 5) is 26.3. The Bertz CT molecular complexity index is 1030. The van der Waals surface area contributed by atoms with Crippen LogP contribution in [0, 0.1) is 18.7 Å². The fourth-order valence-electron chi connectivity index (χ4n) is 4.59. The number of rotatable bonds is 7. The number of fused-ring (bicyclic) bond motifs is 1. The van der Waals surface area contributed by atoms with Crippen LogP contribution in [0.4, 0.5) is 10.1 Å². The molecule has 1 aliphatic heterocycles. The average molecular weight is 418 g/mol. The van der Waals surface area contributed by atoms with Gasteiger partial charge in [-0.05, 0) is 61.6 Å². The molecule has 7 nitrogen and oxygen atoms in total. The number of nitrogens with zero attached hydrogens (tertiary/aromatic N) is 2. The molecule has 1 atom stereocenters. The van der Waals surface area contributed by atoms with Crippen molar-refractivity contribution >= 4 is 17.2 Å². The maximum absolute atomic E-state index is 15.3. The lowest BCUT2D eigenvalue weighted by Gasteiger charge is -2.35. The molecule has 4 rings (SSSR count). The Morgan fingerprint density at radius 2 is 2.10 bits per heavy atom. The molecule has 0 spiro atoms. The molecule has 0 bridgehead atoms. The zero-order valence-electron chi connectivity index (χ0n) is 17.3. The first kappa shape index (κ1) is 20.8. The number of piperidine rings is 1. The lowest BCUT2D eigenvalue weighted by molar-refractivity contribution is -0.0445. The number of hydrogen-bond acceptors (Lipinski definition) is 5. The minimum atomic E-state index is -1.28. The van der Waals surface area contributed by atoms with Crippen LogP contribution in [-0.4, -0.2) is 49.1 Å². The van der Waals surface area contributed by atoms with Gasteiger partial charge in [-0.15, -0.1) is 0 Å². The number of anilines is 1. The third-order valence-electron chi connectivity index (χ3n) is 6.08. The summed E-state index contributed by atoms with van der Waals surface area (Å²) >= 11 is 0. The van der Waals surface area contributed by atoms with Crippen LogP contribution in [0.1, 0.15) is 53.1 Å². The molecule has 2 fully saturated rings. The van der Waals surface area contributed by atoms with Crippen molar-refractivity contribution in [2.24, 2.45) is 5.92 Å². The summed E-state index contributed by atoms with van der Waals surface area (Å²) in [5.74, 6) is -1.31. The summed E-state index contributed by atoms with van der Waals surface area (Å²) in [5.41, 5.74) is 1.64. The highest BCUT2D eigenvalue weighted by atomic mass is 19.1. The molecule has 3 heterocycles. The Morgan fingerprint density at radius 1 is 1.33 bits per heavy atom. The third kappa shape index (κ3) is 3.81. The van der Waals surface area contributed by atoms with Gasteiger partial charge in [0.25, 0.3) is 5.56 Å². The predicted molar refractivity (Wildman–Crippen MR) is 110 cm³/mol. The van der Waals surface area contributed by atoms with Gasteiger partial charge in [-0.1, -0.05) is 0 Å². The normalized spacial score (nSPS) is 19.4. The highest BCUT2D eigenvalue weighted by molar-refractivity contribution is 5.89. The van der Waals surface area contributed by atoms with Gasteiger partial charge in [-0.25, -0.2) is 9.18 Å². The molecule has 30 heavy (non-hydrogen) atoms. The van der Waals surface area contributed by atoms with E-state index in [2.05, 4.69) is 0 Å². The first-order valence-corrected chi connectivity index (χ1v) is 10.4. The maximum atomic E-state index is 15.3. The van der Waals surface area contributed by atoms with Crippen molar-refractivity contribution in [3.05, 3.63) is 45.1 Å². The van der Waals surface area contributed by atoms with E-state index in [4.69, 9.17) is 9.47 Å². The van der Waals surface area contributed by atoms with Crippen LogP contribution in [0.2, 0.25) is 0 Å². The van der Waals surface area contributed by atoms with E-state index in [0.717, 1.165) is 44.0 Å². The van der Waals surface area contributed by atoms with Gasteiger partial charge in [0.2, 0.25) is 0 Å². The Morgan fingerprint density at radius 3 is 2.77 bits per heavy atom. The van der Waals surface area contributed by atoms with Crippen molar-refractivity contribution in [1.82, 2.24) is 4.40 Å². The first-order valence-electron chi connectivity index (χ1n) is 10.4. The summed E-state index contributed by atoms with van der Waals surface area (Å²) in [7, 11) is 1.58. The lowest BCUT2D eigenvalue weighted by Crippen LogP contribution is -2.38. The van der Waals surface area contributed by atoms with Gasteiger partial charge in [0.15, 0.2) is 5.82 Å². The van der Waals surface area contributed by atoms with Gasteiger partial charge in [0.1, 0.15) is 12.4 Å². The van der Waals surface area contributed by atoms with E-state index < -0.39 is 17.3 Å². The number of carbonyl (C=O) groups is 1. The second kappa shape index (κ2) is 8.35. The number of carboxylic acids is 1. The van der Waals surface area contributed by atoms with Gasteiger partial charge in [-0.2, -0.15) is 0 Å². The Labute approximate surface area is 174 Å². The third-order valence-corrected chi connectivity index (χ3v) is 6.08. The lowest BCUT2D eigenvalue weighted by atomic mass is 9.96. The fourth-order valence-corrected chi connectivity index (χ4v) is 4.59. The van der Waals surface area contributed by atoms with Gasteiger partial charge >= 0.3 is 5.97 Å². The zero-order valence-corrected chi connectivity index (χ0v) is 17.3. The summed E-state index contributed by atoms with van der Waals surface area (Å²) in [6.45, 7) is 4.00. The molecule has 8 heteroatoms. The fraction of sp³-hybridized carbons (Fsp3) is 0.545. The van der Waals surface area contributed by atoms with Crippen LogP contribution in [0.15, 0.2) is 17.1 Å². The molecule has 0 radical (unpaired) electrons. The number of aromatic carboxylic acids is 1. The molecule has 2 aliphatic rings. The molecule has 2 aromatic heterocycles. The van der Waals surface area contributed by atoms with Crippen molar-refractivity contribution in [1.29, 1.82) is 0 Å². The number of aryl methyl sites for hydroxylation is 1. The van der Waals surface area contributed by atoms with Crippen molar-refractivity contribution in [2.45, 2.75) is 38.5 Å². The van der Waals surface area contributed by atoms with E-state index in [1.165, 1.54) is 10.5 Å². The molecule has 0 aromatic carbocycles. The molecule has 162 valence electrons. The van der Waals surface area contributed by atoms with Crippen LogP contribution in [-0.2, 0) is 9.47 Å². The number of pyridine rings is 2. The number of halogens is 1. The zero-order chi connectivity index (χ0) is 21.4. The number of hydrogen-bond donors (Lipinski definition) is 1. The smallest absolute Gasteiger partial charge is 0.341 e. The molecular weight excluding hydrogens is 391 g/mol. The number of methoxy groups -OCH3 is 1. The topological polar surface area (TPSA) is 80.5 Å². The van der Waals surface area contributed by atoms with Gasteiger partial charge in [0, 0.05) is 20.2 Å². The monoisotopic (exact) mass is 418 g/mol. The molecule has 1 N–H and O–H groups in total. The number of aromatic nitrogens is 1. The SMILES string of the molecule is COCOCC1CCCN(c2c(F)cn3c(=O)c(C(=O)O)cc(C4CC4)c3c2C)C1. The quantitative estimate of drug-likeness (QED) is 0.550. The van der Waals surface area contributed by atoms with E-state index in [1.54, 1.807) is 7.11 Å². The molecule has 1 aliphatic carbocycles.